The van der Waals surface area contributed by atoms with Crippen LogP contribution < -0.4 is 0 Å². The highest BCUT2D eigenvalue weighted by molar-refractivity contribution is 7.98. The van der Waals surface area contributed by atoms with Gasteiger partial charge in [0.2, 0.25) is 0 Å². The SMILES string of the molecule is CSc1ccc(C(=O)CS(=O)(=O)c2ccccc2F)cc1. The number of sulfone groups is 1. The van der Waals surface area contributed by atoms with Crippen molar-refractivity contribution in [3.63, 3.8) is 0 Å². The van der Waals surface area contributed by atoms with Crippen LogP contribution in [-0.2, 0) is 9.84 Å². The molecule has 0 unspecified atom stereocenters. The molecule has 0 aliphatic rings. The van der Waals surface area contributed by atoms with E-state index >= 15 is 0 Å². The second-order valence-corrected chi connectivity index (χ2v) is 7.18. The van der Waals surface area contributed by atoms with Gasteiger partial charge in [-0.25, -0.2) is 12.8 Å². The molecule has 0 atom stereocenters. The lowest BCUT2D eigenvalue weighted by Crippen LogP contribution is -2.17. The Morgan fingerprint density at radius 3 is 2.29 bits per heavy atom. The summed E-state index contributed by atoms with van der Waals surface area (Å²) in [5, 5.41) is 0. The van der Waals surface area contributed by atoms with E-state index in [1.165, 1.54) is 23.9 Å². The smallest absolute Gasteiger partial charge is 0.188 e. The van der Waals surface area contributed by atoms with Crippen molar-refractivity contribution in [3.05, 3.63) is 59.9 Å². The predicted molar refractivity (Wildman–Crippen MR) is 81.0 cm³/mol. The van der Waals surface area contributed by atoms with Crippen molar-refractivity contribution in [3.8, 4) is 0 Å². The Morgan fingerprint density at radius 2 is 1.71 bits per heavy atom. The molecule has 110 valence electrons. The highest BCUT2D eigenvalue weighted by Crippen LogP contribution is 2.18. The molecule has 3 nitrogen and oxygen atoms in total. The Bertz CT molecular complexity index is 753. The third-order valence-corrected chi connectivity index (χ3v) is 5.29. The van der Waals surface area contributed by atoms with E-state index in [9.17, 15) is 17.6 Å². The van der Waals surface area contributed by atoms with Gasteiger partial charge in [-0.15, -0.1) is 11.8 Å². The number of rotatable bonds is 5. The second-order valence-electron chi connectivity index (χ2n) is 4.34. The monoisotopic (exact) mass is 324 g/mol. The van der Waals surface area contributed by atoms with Gasteiger partial charge in [0.15, 0.2) is 15.6 Å². The van der Waals surface area contributed by atoms with Crippen LogP contribution in [0.3, 0.4) is 0 Å². The maximum absolute atomic E-state index is 13.5. The number of carbonyl (C=O) groups is 1. The maximum Gasteiger partial charge on any atom is 0.188 e. The molecule has 2 rings (SSSR count). The van der Waals surface area contributed by atoms with Crippen LogP contribution in [0.2, 0.25) is 0 Å². The van der Waals surface area contributed by atoms with Crippen molar-refractivity contribution in [1.29, 1.82) is 0 Å². The summed E-state index contributed by atoms with van der Waals surface area (Å²) in [6.45, 7) is 0. The highest BCUT2D eigenvalue weighted by Gasteiger charge is 2.23. The number of thioether (sulfide) groups is 1. The molecule has 0 N–H and O–H groups in total. The first kappa shape index (κ1) is 15.7. The zero-order chi connectivity index (χ0) is 15.5. The Hall–Kier alpha value is -1.66. The summed E-state index contributed by atoms with van der Waals surface area (Å²) in [6, 6.07) is 11.7. The van der Waals surface area contributed by atoms with E-state index in [1.807, 2.05) is 6.26 Å². The molecular weight excluding hydrogens is 311 g/mol. The van der Waals surface area contributed by atoms with Gasteiger partial charge in [-0.05, 0) is 30.5 Å². The van der Waals surface area contributed by atoms with Gasteiger partial charge in [0, 0.05) is 10.5 Å². The Morgan fingerprint density at radius 1 is 1.10 bits per heavy atom. The maximum atomic E-state index is 13.5. The first-order valence-electron chi connectivity index (χ1n) is 6.08. The average Bonchev–Trinajstić information content (AvgIpc) is 2.47. The van der Waals surface area contributed by atoms with E-state index in [2.05, 4.69) is 0 Å². The van der Waals surface area contributed by atoms with Crippen LogP contribution in [0.25, 0.3) is 0 Å². The van der Waals surface area contributed by atoms with E-state index < -0.39 is 32.1 Å². The highest BCUT2D eigenvalue weighted by atomic mass is 32.2. The van der Waals surface area contributed by atoms with Crippen molar-refractivity contribution in [2.75, 3.05) is 12.0 Å². The quantitative estimate of drug-likeness (QED) is 0.626. The Balaban J connectivity index is 2.24. The molecule has 0 saturated heterocycles. The fourth-order valence-corrected chi connectivity index (χ4v) is 3.53. The van der Waals surface area contributed by atoms with Crippen LogP contribution in [0.1, 0.15) is 10.4 Å². The van der Waals surface area contributed by atoms with Crippen LogP contribution in [-0.4, -0.2) is 26.2 Å². The molecule has 0 aromatic heterocycles. The fourth-order valence-electron chi connectivity index (χ4n) is 1.81. The zero-order valence-electron chi connectivity index (χ0n) is 11.2. The largest absolute Gasteiger partial charge is 0.293 e. The summed E-state index contributed by atoms with van der Waals surface area (Å²) >= 11 is 1.52. The lowest BCUT2D eigenvalue weighted by atomic mass is 10.1. The van der Waals surface area contributed by atoms with Gasteiger partial charge in [0.1, 0.15) is 16.5 Å². The molecule has 0 aliphatic carbocycles. The molecule has 2 aromatic rings. The summed E-state index contributed by atoms with van der Waals surface area (Å²) in [5.41, 5.74) is 0.299. The summed E-state index contributed by atoms with van der Waals surface area (Å²) in [4.78, 5) is 12.6. The molecular formula is C15H13FO3S2. The zero-order valence-corrected chi connectivity index (χ0v) is 12.9. The van der Waals surface area contributed by atoms with Gasteiger partial charge in [-0.1, -0.05) is 24.3 Å². The van der Waals surface area contributed by atoms with Crippen molar-refractivity contribution in [2.45, 2.75) is 9.79 Å². The number of ketones is 1. The molecule has 0 saturated carbocycles. The molecule has 0 aliphatic heterocycles. The number of hydrogen-bond donors (Lipinski definition) is 0. The molecule has 21 heavy (non-hydrogen) atoms. The van der Waals surface area contributed by atoms with Crippen molar-refractivity contribution >= 4 is 27.4 Å². The minimum absolute atomic E-state index is 0.299. The molecule has 0 bridgehead atoms. The van der Waals surface area contributed by atoms with E-state index in [-0.39, 0.29) is 0 Å². The number of carbonyl (C=O) groups excluding carboxylic acids is 1. The van der Waals surface area contributed by atoms with Crippen LogP contribution in [0, 0.1) is 5.82 Å². The van der Waals surface area contributed by atoms with Crippen LogP contribution >= 0.6 is 11.8 Å². The predicted octanol–water partition coefficient (Wildman–Crippen LogP) is 3.20. The van der Waals surface area contributed by atoms with E-state index in [0.29, 0.717) is 5.56 Å². The third kappa shape index (κ3) is 3.71. The van der Waals surface area contributed by atoms with Gasteiger partial charge >= 0.3 is 0 Å². The van der Waals surface area contributed by atoms with Crippen molar-refractivity contribution in [1.82, 2.24) is 0 Å². The summed E-state index contributed by atoms with van der Waals surface area (Å²) < 4.78 is 37.7. The minimum atomic E-state index is -3.98. The lowest BCUT2D eigenvalue weighted by molar-refractivity contribution is 0.102. The number of halogens is 1. The van der Waals surface area contributed by atoms with Gasteiger partial charge in [-0.2, -0.15) is 0 Å². The molecule has 0 spiro atoms. The van der Waals surface area contributed by atoms with Gasteiger partial charge in [0.05, 0.1) is 0 Å². The Labute approximate surface area is 127 Å². The fraction of sp³-hybridized carbons (Fsp3) is 0.133. The van der Waals surface area contributed by atoms with E-state index in [4.69, 9.17) is 0 Å². The molecule has 6 heteroatoms. The summed E-state index contributed by atoms with van der Waals surface area (Å²) in [5.74, 6) is -2.14. The van der Waals surface area contributed by atoms with Gasteiger partial charge < -0.3 is 0 Å². The van der Waals surface area contributed by atoms with Gasteiger partial charge in [-0.3, -0.25) is 4.79 Å². The first-order chi connectivity index (χ1) is 9.94. The van der Waals surface area contributed by atoms with Crippen molar-refractivity contribution < 1.29 is 17.6 Å². The van der Waals surface area contributed by atoms with Crippen LogP contribution in [0.4, 0.5) is 4.39 Å². The van der Waals surface area contributed by atoms with Crippen molar-refractivity contribution in [2.24, 2.45) is 0 Å². The molecule has 0 amide bonds. The molecule has 2 aromatic carbocycles. The van der Waals surface area contributed by atoms with Crippen LogP contribution in [0.15, 0.2) is 58.3 Å². The number of hydrogen-bond acceptors (Lipinski definition) is 4. The topological polar surface area (TPSA) is 51.2 Å². The standard InChI is InChI=1S/C15H13FO3S2/c1-20-12-8-6-11(7-9-12)14(17)10-21(18,19)15-5-3-2-4-13(15)16/h2-9H,10H2,1H3. The molecule has 0 heterocycles. The Kier molecular flexibility index (Phi) is 4.80. The second kappa shape index (κ2) is 6.41. The van der Waals surface area contributed by atoms with Gasteiger partial charge in [0.25, 0.3) is 0 Å². The average molecular weight is 324 g/mol. The summed E-state index contributed by atoms with van der Waals surface area (Å²) in [6.07, 6.45) is 1.90. The molecule has 0 radical (unpaired) electrons. The normalized spacial score (nSPS) is 11.3. The van der Waals surface area contributed by atoms with Crippen LogP contribution in [0.5, 0.6) is 0 Å². The number of Topliss-reactive ketones (excluding diaryl/α,β-unsaturated/α-hetero) is 1. The third-order valence-electron chi connectivity index (χ3n) is 2.90. The van der Waals surface area contributed by atoms with E-state index in [0.717, 1.165) is 17.0 Å². The lowest BCUT2D eigenvalue weighted by Gasteiger charge is -2.05. The first-order valence-corrected chi connectivity index (χ1v) is 8.96. The van der Waals surface area contributed by atoms with E-state index in [1.54, 1.807) is 24.3 Å². The number of benzene rings is 2. The minimum Gasteiger partial charge on any atom is -0.293 e. The molecule has 0 fully saturated rings. The summed E-state index contributed by atoms with van der Waals surface area (Å²) in [7, 11) is -3.98.